The van der Waals surface area contributed by atoms with Gasteiger partial charge in [-0.2, -0.15) is 0 Å². The van der Waals surface area contributed by atoms with Gasteiger partial charge in [0.25, 0.3) is 0 Å². The number of ether oxygens (including phenoxy) is 1. The van der Waals surface area contributed by atoms with E-state index in [1.165, 1.54) is 0 Å². The Kier molecular flexibility index (Phi) is 4.67. The predicted molar refractivity (Wildman–Crippen MR) is 94.3 cm³/mol. The van der Waals surface area contributed by atoms with Gasteiger partial charge in [-0.05, 0) is 48.5 Å². The Morgan fingerprint density at radius 2 is 1.76 bits per heavy atom. The second-order valence-electron chi connectivity index (χ2n) is 5.07. The molecule has 1 aromatic heterocycles. The maximum atomic E-state index is 11.9. The SMILES string of the molecule is COc1ccc(C#Cc2ccc3cc(NNC=O)c(=O)oc3c2)cc1. The van der Waals surface area contributed by atoms with Crippen molar-refractivity contribution in [2.75, 3.05) is 12.5 Å². The summed E-state index contributed by atoms with van der Waals surface area (Å²) in [4.78, 5) is 22.2. The van der Waals surface area contributed by atoms with E-state index in [2.05, 4.69) is 22.7 Å². The lowest BCUT2D eigenvalue weighted by molar-refractivity contribution is -0.109. The number of fused-ring (bicyclic) bond motifs is 1. The minimum Gasteiger partial charge on any atom is -0.497 e. The van der Waals surface area contributed by atoms with Crippen molar-refractivity contribution < 1.29 is 13.9 Å². The lowest BCUT2D eigenvalue weighted by Crippen LogP contribution is -2.23. The Morgan fingerprint density at radius 3 is 2.48 bits per heavy atom. The van der Waals surface area contributed by atoms with Crippen molar-refractivity contribution in [1.82, 2.24) is 5.43 Å². The fourth-order valence-electron chi connectivity index (χ4n) is 2.20. The van der Waals surface area contributed by atoms with Crippen molar-refractivity contribution in [2.24, 2.45) is 0 Å². The van der Waals surface area contributed by atoms with E-state index in [1.54, 1.807) is 25.3 Å². The molecule has 6 heteroatoms. The molecule has 0 unspecified atom stereocenters. The van der Waals surface area contributed by atoms with Gasteiger partial charge in [0.2, 0.25) is 6.41 Å². The Balaban J connectivity index is 1.89. The molecule has 0 aliphatic carbocycles. The molecule has 0 spiro atoms. The van der Waals surface area contributed by atoms with Crippen LogP contribution in [0.25, 0.3) is 11.0 Å². The van der Waals surface area contributed by atoms with Gasteiger partial charge in [0.15, 0.2) is 0 Å². The van der Waals surface area contributed by atoms with Crippen molar-refractivity contribution in [2.45, 2.75) is 0 Å². The number of hydrogen-bond donors (Lipinski definition) is 2. The molecule has 124 valence electrons. The van der Waals surface area contributed by atoms with E-state index in [4.69, 9.17) is 9.15 Å². The van der Waals surface area contributed by atoms with E-state index >= 15 is 0 Å². The second kappa shape index (κ2) is 7.23. The number of nitrogens with one attached hydrogen (secondary N) is 2. The van der Waals surface area contributed by atoms with Crippen molar-refractivity contribution >= 4 is 23.1 Å². The largest absolute Gasteiger partial charge is 0.497 e. The highest BCUT2D eigenvalue weighted by atomic mass is 16.5. The van der Waals surface area contributed by atoms with E-state index in [0.717, 1.165) is 16.9 Å². The molecule has 0 aliphatic heterocycles. The fourth-order valence-corrected chi connectivity index (χ4v) is 2.20. The first-order valence-electron chi connectivity index (χ1n) is 7.39. The lowest BCUT2D eigenvalue weighted by Gasteiger charge is -2.04. The number of methoxy groups -OCH3 is 1. The average molecular weight is 334 g/mol. The normalized spacial score (nSPS) is 9.80. The molecule has 0 atom stereocenters. The molecule has 0 saturated heterocycles. The number of hydrazine groups is 1. The highest BCUT2D eigenvalue weighted by Crippen LogP contribution is 2.17. The minimum absolute atomic E-state index is 0.150. The van der Waals surface area contributed by atoms with E-state index in [1.807, 2.05) is 30.3 Å². The highest BCUT2D eigenvalue weighted by Gasteiger charge is 2.05. The van der Waals surface area contributed by atoms with E-state index in [0.29, 0.717) is 17.4 Å². The second-order valence-corrected chi connectivity index (χ2v) is 5.07. The van der Waals surface area contributed by atoms with Gasteiger partial charge in [-0.15, -0.1) is 0 Å². The van der Waals surface area contributed by atoms with Gasteiger partial charge in [-0.1, -0.05) is 11.8 Å². The Morgan fingerprint density at radius 1 is 1.04 bits per heavy atom. The zero-order valence-electron chi connectivity index (χ0n) is 13.3. The minimum atomic E-state index is -0.581. The molecule has 2 aromatic carbocycles. The third-order valence-electron chi connectivity index (χ3n) is 3.44. The molecule has 1 heterocycles. The summed E-state index contributed by atoms with van der Waals surface area (Å²) in [6.07, 6.45) is 0.432. The van der Waals surface area contributed by atoms with Crippen LogP contribution in [0.3, 0.4) is 0 Å². The first kappa shape index (κ1) is 16.1. The maximum absolute atomic E-state index is 11.9. The summed E-state index contributed by atoms with van der Waals surface area (Å²) < 4.78 is 10.4. The van der Waals surface area contributed by atoms with Crippen LogP contribution in [0.2, 0.25) is 0 Å². The quantitative estimate of drug-likeness (QED) is 0.331. The van der Waals surface area contributed by atoms with Gasteiger partial charge in [0, 0.05) is 16.5 Å². The molecule has 0 fully saturated rings. The number of benzene rings is 2. The molecule has 3 aromatic rings. The third-order valence-corrected chi connectivity index (χ3v) is 3.44. The number of anilines is 1. The van der Waals surface area contributed by atoms with Crippen LogP contribution < -0.4 is 21.2 Å². The highest BCUT2D eigenvalue weighted by molar-refractivity contribution is 5.81. The summed E-state index contributed by atoms with van der Waals surface area (Å²) in [6, 6.07) is 14.3. The van der Waals surface area contributed by atoms with Gasteiger partial charge in [0.1, 0.15) is 17.0 Å². The number of carbonyl (C=O) groups is 1. The zero-order chi connectivity index (χ0) is 17.6. The van der Waals surface area contributed by atoms with E-state index < -0.39 is 5.63 Å². The smallest absolute Gasteiger partial charge is 0.361 e. The van der Waals surface area contributed by atoms with Crippen molar-refractivity contribution in [3.8, 4) is 17.6 Å². The number of rotatable bonds is 4. The van der Waals surface area contributed by atoms with Crippen LogP contribution in [-0.2, 0) is 4.79 Å². The number of carbonyl (C=O) groups excluding carboxylic acids is 1. The van der Waals surface area contributed by atoms with Crippen molar-refractivity contribution in [1.29, 1.82) is 0 Å². The Hall–Kier alpha value is -3.72. The molecule has 0 aliphatic rings. The van der Waals surface area contributed by atoms with Gasteiger partial charge >= 0.3 is 5.63 Å². The summed E-state index contributed by atoms with van der Waals surface area (Å²) in [7, 11) is 1.61. The van der Waals surface area contributed by atoms with Gasteiger partial charge in [-0.3, -0.25) is 15.6 Å². The lowest BCUT2D eigenvalue weighted by atomic mass is 10.1. The molecule has 0 radical (unpaired) electrons. The van der Waals surface area contributed by atoms with E-state index in [-0.39, 0.29) is 5.69 Å². The first-order valence-corrected chi connectivity index (χ1v) is 7.39. The Labute approximate surface area is 143 Å². The fraction of sp³-hybridized carbons (Fsp3) is 0.0526. The van der Waals surface area contributed by atoms with E-state index in [9.17, 15) is 9.59 Å². The predicted octanol–water partition coefficient (Wildman–Crippen LogP) is 2.27. The standard InChI is InChI=1S/C19H14N2O4/c1-24-16-8-5-13(6-9-16)2-3-14-4-7-15-11-17(21-20-12-22)19(23)25-18(15)10-14/h4-12,21H,1H3,(H,20,22). The van der Waals surface area contributed by atoms with Gasteiger partial charge in [0.05, 0.1) is 7.11 Å². The summed E-state index contributed by atoms with van der Waals surface area (Å²) in [5, 5.41) is 0.713. The van der Waals surface area contributed by atoms with Crippen LogP contribution in [0.5, 0.6) is 5.75 Å². The van der Waals surface area contributed by atoms with Crippen LogP contribution in [0, 0.1) is 11.8 Å². The summed E-state index contributed by atoms with van der Waals surface area (Å²) in [5.41, 5.74) is 6.23. The zero-order valence-corrected chi connectivity index (χ0v) is 13.3. The monoisotopic (exact) mass is 334 g/mol. The van der Waals surface area contributed by atoms with Crippen molar-refractivity contribution in [3.05, 3.63) is 70.1 Å². The molecule has 2 N–H and O–H groups in total. The molecule has 1 amide bonds. The molecule has 25 heavy (non-hydrogen) atoms. The first-order chi connectivity index (χ1) is 12.2. The van der Waals surface area contributed by atoms with Crippen LogP contribution in [0.15, 0.2) is 57.7 Å². The van der Waals surface area contributed by atoms with Gasteiger partial charge in [-0.25, -0.2) is 4.79 Å². The van der Waals surface area contributed by atoms with Gasteiger partial charge < -0.3 is 9.15 Å². The summed E-state index contributed by atoms with van der Waals surface area (Å²) in [5.74, 6) is 6.85. The van der Waals surface area contributed by atoms with Crippen LogP contribution in [-0.4, -0.2) is 13.5 Å². The van der Waals surface area contributed by atoms with Crippen LogP contribution in [0.1, 0.15) is 11.1 Å². The average Bonchev–Trinajstić information content (AvgIpc) is 2.65. The van der Waals surface area contributed by atoms with Crippen molar-refractivity contribution in [3.63, 3.8) is 0 Å². The van der Waals surface area contributed by atoms with Crippen LogP contribution >= 0.6 is 0 Å². The molecular formula is C19H14N2O4. The Bertz CT molecular complexity index is 1030. The third kappa shape index (κ3) is 3.79. The van der Waals surface area contributed by atoms with Crippen LogP contribution in [0.4, 0.5) is 5.69 Å². The summed E-state index contributed by atoms with van der Waals surface area (Å²) >= 11 is 0. The molecule has 3 rings (SSSR count). The molecule has 6 nitrogen and oxygen atoms in total. The summed E-state index contributed by atoms with van der Waals surface area (Å²) in [6.45, 7) is 0. The molecule has 0 saturated carbocycles. The topological polar surface area (TPSA) is 80.6 Å². The maximum Gasteiger partial charge on any atom is 0.361 e. The molecular weight excluding hydrogens is 320 g/mol. The number of amides is 1. The molecule has 0 bridgehead atoms. The number of hydrogen-bond acceptors (Lipinski definition) is 5.